The van der Waals surface area contributed by atoms with Crippen molar-refractivity contribution in [2.75, 3.05) is 13.2 Å². The molecule has 22 heavy (non-hydrogen) atoms. The van der Waals surface area contributed by atoms with Crippen molar-refractivity contribution in [1.29, 1.82) is 0 Å². The first-order valence-corrected chi connectivity index (χ1v) is 7.11. The Bertz CT molecular complexity index is 652. The third-order valence-electron chi connectivity index (χ3n) is 3.41. The summed E-state index contributed by atoms with van der Waals surface area (Å²) in [6.07, 6.45) is 0.738. The molecule has 0 bridgehead atoms. The maximum absolute atomic E-state index is 12.0. The van der Waals surface area contributed by atoms with E-state index in [1.165, 1.54) is 6.20 Å². The van der Waals surface area contributed by atoms with Crippen molar-refractivity contribution < 1.29 is 14.6 Å². The molecule has 2 rings (SSSR count). The lowest BCUT2D eigenvalue weighted by Gasteiger charge is -2.13. The number of carbonyl (C=O) groups is 1. The van der Waals surface area contributed by atoms with E-state index in [9.17, 15) is 9.90 Å². The van der Waals surface area contributed by atoms with E-state index in [0.29, 0.717) is 11.3 Å². The van der Waals surface area contributed by atoms with Crippen LogP contribution in [0.3, 0.4) is 0 Å². The van der Waals surface area contributed by atoms with Crippen molar-refractivity contribution in [2.45, 2.75) is 20.0 Å². The zero-order chi connectivity index (χ0) is 16.1. The van der Waals surface area contributed by atoms with Gasteiger partial charge in [-0.05, 0) is 31.5 Å². The first-order valence-electron chi connectivity index (χ1n) is 7.11. The Morgan fingerprint density at radius 3 is 2.86 bits per heavy atom. The lowest BCUT2D eigenvalue weighted by molar-refractivity contribution is 0.0843. The van der Waals surface area contributed by atoms with Crippen molar-refractivity contribution >= 4 is 5.91 Å². The number of aliphatic hydroxyl groups excluding tert-OH is 1. The number of hydrogen-bond acceptors (Lipinski definition) is 4. The third-order valence-corrected chi connectivity index (χ3v) is 3.41. The molecule has 1 amide bonds. The Labute approximate surface area is 129 Å². The second-order valence-electron chi connectivity index (χ2n) is 5.26. The van der Waals surface area contributed by atoms with Crippen LogP contribution in [0.5, 0.6) is 5.75 Å². The molecule has 0 fully saturated rings. The molecule has 0 saturated heterocycles. The van der Waals surface area contributed by atoms with Crippen LogP contribution in [0.4, 0.5) is 0 Å². The molecule has 118 valence electrons. The summed E-state index contributed by atoms with van der Waals surface area (Å²) in [4.78, 5) is 12.0. The van der Waals surface area contributed by atoms with E-state index in [4.69, 9.17) is 4.74 Å². The Morgan fingerprint density at radius 2 is 2.23 bits per heavy atom. The average molecular weight is 303 g/mol. The molecule has 1 unspecified atom stereocenters. The van der Waals surface area contributed by atoms with E-state index < -0.39 is 6.10 Å². The van der Waals surface area contributed by atoms with Gasteiger partial charge in [-0.2, -0.15) is 5.10 Å². The molecule has 1 aromatic heterocycles. The van der Waals surface area contributed by atoms with Gasteiger partial charge in [-0.15, -0.1) is 0 Å². The van der Waals surface area contributed by atoms with Crippen molar-refractivity contribution in [2.24, 2.45) is 7.05 Å². The lowest BCUT2D eigenvalue weighted by Crippen LogP contribution is -2.35. The molecular weight excluding hydrogens is 282 g/mol. The number of carbonyl (C=O) groups excluding carboxylic acids is 1. The first kappa shape index (κ1) is 16.0. The Balaban J connectivity index is 1.79. The molecule has 1 atom stereocenters. The van der Waals surface area contributed by atoms with Gasteiger partial charge in [0.25, 0.3) is 5.91 Å². The number of nitrogens with zero attached hydrogens (tertiary/aromatic N) is 2. The number of hydrogen-bond donors (Lipinski definition) is 2. The molecule has 0 radical (unpaired) electrons. The summed E-state index contributed by atoms with van der Waals surface area (Å²) in [5.74, 6) is 0.452. The highest BCUT2D eigenvalue weighted by Gasteiger charge is 2.14. The lowest BCUT2D eigenvalue weighted by atomic mass is 10.2. The smallest absolute Gasteiger partial charge is 0.254 e. The molecule has 0 saturated carbocycles. The molecular formula is C16H21N3O3. The van der Waals surface area contributed by atoms with E-state index in [1.54, 1.807) is 11.7 Å². The van der Waals surface area contributed by atoms with E-state index in [0.717, 1.165) is 11.3 Å². The Hall–Kier alpha value is -2.34. The van der Waals surface area contributed by atoms with E-state index in [-0.39, 0.29) is 19.1 Å². The number of nitrogens with one attached hydrogen (secondary N) is 1. The molecule has 0 aliphatic heterocycles. The molecule has 6 nitrogen and oxygen atoms in total. The monoisotopic (exact) mass is 303 g/mol. The van der Waals surface area contributed by atoms with Crippen molar-refractivity contribution in [1.82, 2.24) is 15.1 Å². The SMILES string of the molecule is Cc1cccc(OCC(O)CNC(=O)c2cnn(C)c2C)c1. The standard InChI is InChI=1S/C16H21N3O3/c1-11-5-4-6-14(7-11)22-10-13(20)8-17-16(21)15-9-18-19(3)12(15)2/h4-7,9,13,20H,8,10H2,1-3H3,(H,17,21). The highest BCUT2D eigenvalue weighted by molar-refractivity contribution is 5.95. The van der Waals surface area contributed by atoms with Crippen molar-refractivity contribution in [3.8, 4) is 5.75 Å². The molecule has 0 aliphatic rings. The fraction of sp³-hybridized carbons (Fsp3) is 0.375. The average Bonchev–Trinajstić information content (AvgIpc) is 2.83. The van der Waals surface area contributed by atoms with Gasteiger partial charge < -0.3 is 15.2 Å². The molecule has 6 heteroatoms. The second kappa shape index (κ2) is 7.09. The number of aliphatic hydroxyl groups is 1. The summed E-state index contributed by atoms with van der Waals surface area (Å²) in [6, 6.07) is 7.59. The maximum atomic E-state index is 12.0. The van der Waals surface area contributed by atoms with E-state index in [1.807, 2.05) is 38.1 Å². The predicted molar refractivity (Wildman–Crippen MR) is 83.0 cm³/mol. The van der Waals surface area contributed by atoms with Gasteiger partial charge in [0, 0.05) is 19.3 Å². The summed E-state index contributed by atoms with van der Waals surface area (Å²) in [5, 5.41) is 16.6. The zero-order valence-electron chi connectivity index (χ0n) is 13.0. The van der Waals surface area contributed by atoms with Gasteiger partial charge in [0.2, 0.25) is 0 Å². The number of ether oxygens (including phenoxy) is 1. The van der Waals surface area contributed by atoms with Gasteiger partial charge in [-0.1, -0.05) is 12.1 Å². The van der Waals surface area contributed by atoms with Crippen LogP contribution in [-0.2, 0) is 7.05 Å². The summed E-state index contributed by atoms with van der Waals surface area (Å²) < 4.78 is 7.13. The van der Waals surface area contributed by atoms with Crippen LogP contribution in [0.25, 0.3) is 0 Å². The van der Waals surface area contributed by atoms with Gasteiger partial charge in [-0.25, -0.2) is 0 Å². The third kappa shape index (κ3) is 4.08. The zero-order valence-corrected chi connectivity index (χ0v) is 13.0. The van der Waals surface area contributed by atoms with Crippen LogP contribution in [0.1, 0.15) is 21.6 Å². The minimum Gasteiger partial charge on any atom is -0.491 e. The van der Waals surface area contributed by atoms with Gasteiger partial charge in [0.1, 0.15) is 18.5 Å². The Morgan fingerprint density at radius 1 is 1.45 bits per heavy atom. The highest BCUT2D eigenvalue weighted by atomic mass is 16.5. The maximum Gasteiger partial charge on any atom is 0.254 e. The first-order chi connectivity index (χ1) is 10.5. The molecule has 0 spiro atoms. The van der Waals surface area contributed by atoms with Gasteiger partial charge >= 0.3 is 0 Å². The summed E-state index contributed by atoms with van der Waals surface area (Å²) in [5.41, 5.74) is 2.38. The van der Waals surface area contributed by atoms with Gasteiger partial charge in [0.15, 0.2) is 0 Å². The molecule has 1 aromatic carbocycles. The number of amides is 1. The van der Waals surface area contributed by atoms with Crippen LogP contribution < -0.4 is 10.1 Å². The van der Waals surface area contributed by atoms with E-state index in [2.05, 4.69) is 10.4 Å². The summed E-state index contributed by atoms with van der Waals surface area (Å²) >= 11 is 0. The number of aryl methyl sites for hydroxylation is 2. The number of aromatic nitrogens is 2. The molecule has 2 aromatic rings. The van der Waals surface area contributed by atoms with Crippen LogP contribution in [0.15, 0.2) is 30.5 Å². The van der Waals surface area contributed by atoms with Gasteiger partial charge in [-0.3, -0.25) is 9.48 Å². The quantitative estimate of drug-likeness (QED) is 0.841. The normalized spacial score (nSPS) is 12.0. The largest absolute Gasteiger partial charge is 0.491 e. The number of rotatable bonds is 6. The number of benzene rings is 1. The van der Waals surface area contributed by atoms with E-state index >= 15 is 0 Å². The van der Waals surface area contributed by atoms with Crippen LogP contribution in [0, 0.1) is 13.8 Å². The van der Waals surface area contributed by atoms with Gasteiger partial charge in [0.05, 0.1) is 11.8 Å². The highest BCUT2D eigenvalue weighted by Crippen LogP contribution is 2.12. The minimum atomic E-state index is -0.776. The summed E-state index contributed by atoms with van der Waals surface area (Å²) in [6.45, 7) is 4.04. The molecule has 2 N–H and O–H groups in total. The molecule has 1 heterocycles. The fourth-order valence-corrected chi connectivity index (χ4v) is 1.98. The topological polar surface area (TPSA) is 76.4 Å². The van der Waals surface area contributed by atoms with Crippen LogP contribution >= 0.6 is 0 Å². The second-order valence-corrected chi connectivity index (χ2v) is 5.26. The summed E-state index contributed by atoms with van der Waals surface area (Å²) in [7, 11) is 1.77. The van der Waals surface area contributed by atoms with Crippen LogP contribution in [-0.4, -0.2) is 40.0 Å². The fourth-order valence-electron chi connectivity index (χ4n) is 1.98. The minimum absolute atomic E-state index is 0.121. The van der Waals surface area contributed by atoms with Crippen LogP contribution in [0.2, 0.25) is 0 Å². The predicted octanol–water partition coefficient (Wildman–Crippen LogP) is 1.21. The molecule has 0 aliphatic carbocycles. The Kier molecular flexibility index (Phi) is 5.16. The van der Waals surface area contributed by atoms with Crippen molar-refractivity contribution in [3.05, 3.63) is 47.3 Å². The van der Waals surface area contributed by atoms with Crippen molar-refractivity contribution in [3.63, 3.8) is 0 Å².